The van der Waals surface area contributed by atoms with Gasteiger partial charge in [0.05, 0.1) is 4.92 Å². The second-order valence-electron chi connectivity index (χ2n) is 6.07. The number of carbonyl (C=O) groups is 2. The number of carbonyl (C=O) groups excluding carboxylic acids is 2. The fraction of sp³-hybridized carbons (Fsp3) is 0.263. The van der Waals surface area contributed by atoms with Gasteiger partial charge < -0.3 is 10.6 Å². The minimum absolute atomic E-state index is 0.0810. The summed E-state index contributed by atoms with van der Waals surface area (Å²) in [6, 6.07) is 8.72. The van der Waals surface area contributed by atoms with Crippen molar-refractivity contribution in [3.63, 3.8) is 0 Å². The van der Waals surface area contributed by atoms with E-state index >= 15 is 0 Å². The fourth-order valence-corrected chi connectivity index (χ4v) is 2.88. The number of nitrogens with one attached hydrogen (secondary N) is 2. The standard InChI is InChI=1S/C19H20FN3O4S/c1-12-6-7-14(11-16(12)20)21-19(25)17(8-9-28-2)22-18(24)13-4-3-5-15(10-13)23(26)27/h3-7,10-11,17H,8-9H2,1-2H3,(H,21,25)(H,22,24)/t17-/m0/s1. The molecule has 0 aliphatic heterocycles. The van der Waals surface area contributed by atoms with Gasteiger partial charge in [0.15, 0.2) is 0 Å². The third-order valence-corrected chi connectivity index (χ3v) is 4.63. The van der Waals surface area contributed by atoms with E-state index in [9.17, 15) is 24.1 Å². The first-order chi connectivity index (χ1) is 13.3. The van der Waals surface area contributed by atoms with Crippen molar-refractivity contribution in [2.75, 3.05) is 17.3 Å². The van der Waals surface area contributed by atoms with Gasteiger partial charge >= 0.3 is 0 Å². The van der Waals surface area contributed by atoms with E-state index in [1.807, 2.05) is 6.26 Å². The molecule has 0 radical (unpaired) electrons. The molecule has 0 spiro atoms. The molecule has 0 aliphatic carbocycles. The van der Waals surface area contributed by atoms with Gasteiger partial charge in [-0.2, -0.15) is 11.8 Å². The number of nitrogens with zero attached hydrogens (tertiary/aromatic N) is 1. The third-order valence-electron chi connectivity index (χ3n) is 3.99. The smallest absolute Gasteiger partial charge is 0.270 e. The minimum atomic E-state index is -0.872. The zero-order valence-electron chi connectivity index (χ0n) is 15.4. The van der Waals surface area contributed by atoms with E-state index in [0.29, 0.717) is 17.7 Å². The Balaban J connectivity index is 2.14. The molecular formula is C19H20FN3O4S. The number of halogens is 1. The Morgan fingerprint density at radius 3 is 2.64 bits per heavy atom. The van der Waals surface area contributed by atoms with Gasteiger partial charge in [-0.1, -0.05) is 12.1 Å². The number of hydrogen-bond acceptors (Lipinski definition) is 5. The average molecular weight is 405 g/mol. The van der Waals surface area contributed by atoms with Crippen molar-refractivity contribution in [3.05, 3.63) is 69.5 Å². The normalized spacial score (nSPS) is 11.5. The van der Waals surface area contributed by atoms with Crippen LogP contribution in [0.1, 0.15) is 22.3 Å². The molecule has 2 rings (SSSR count). The molecule has 0 aromatic heterocycles. The quantitative estimate of drug-likeness (QED) is 0.517. The maximum absolute atomic E-state index is 13.7. The van der Waals surface area contributed by atoms with Crippen molar-refractivity contribution in [2.45, 2.75) is 19.4 Å². The summed E-state index contributed by atoms with van der Waals surface area (Å²) < 4.78 is 13.7. The Morgan fingerprint density at radius 1 is 1.25 bits per heavy atom. The number of thioether (sulfide) groups is 1. The summed E-state index contributed by atoms with van der Waals surface area (Å²) in [7, 11) is 0. The molecule has 1 atom stereocenters. The minimum Gasteiger partial charge on any atom is -0.340 e. The van der Waals surface area contributed by atoms with E-state index < -0.39 is 28.6 Å². The molecule has 0 bridgehead atoms. The molecule has 0 fully saturated rings. The zero-order chi connectivity index (χ0) is 20.7. The summed E-state index contributed by atoms with van der Waals surface area (Å²) >= 11 is 1.51. The number of benzene rings is 2. The number of rotatable bonds is 8. The maximum Gasteiger partial charge on any atom is 0.270 e. The van der Waals surface area contributed by atoms with Crippen LogP contribution in [0, 0.1) is 22.9 Å². The molecule has 0 heterocycles. The summed E-state index contributed by atoms with van der Waals surface area (Å²) in [6.45, 7) is 1.61. The Labute approximate surface area is 165 Å². The highest BCUT2D eigenvalue weighted by molar-refractivity contribution is 7.98. The van der Waals surface area contributed by atoms with Crippen molar-refractivity contribution in [1.29, 1.82) is 0 Å². The first-order valence-electron chi connectivity index (χ1n) is 8.43. The van der Waals surface area contributed by atoms with E-state index in [4.69, 9.17) is 0 Å². The lowest BCUT2D eigenvalue weighted by molar-refractivity contribution is -0.384. The molecular weight excluding hydrogens is 385 g/mol. The summed E-state index contributed by atoms with van der Waals surface area (Å²) in [5.41, 5.74) is 0.605. The molecule has 0 saturated carbocycles. The Morgan fingerprint density at radius 2 is 2.00 bits per heavy atom. The lowest BCUT2D eigenvalue weighted by atomic mass is 10.1. The van der Waals surface area contributed by atoms with Gasteiger partial charge in [-0.05, 0) is 49.1 Å². The Kier molecular flexibility index (Phi) is 7.51. The second kappa shape index (κ2) is 9.84. The molecule has 148 valence electrons. The number of hydrogen-bond donors (Lipinski definition) is 2. The molecule has 7 nitrogen and oxygen atoms in total. The highest BCUT2D eigenvalue weighted by Gasteiger charge is 2.22. The topological polar surface area (TPSA) is 101 Å². The second-order valence-corrected chi connectivity index (χ2v) is 7.05. The van der Waals surface area contributed by atoms with E-state index in [1.54, 1.807) is 19.1 Å². The van der Waals surface area contributed by atoms with E-state index in [0.717, 1.165) is 6.07 Å². The maximum atomic E-state index is 13.7. The van der Waals surface area contributed by atoms with Crippen LogP contribution in [0.4, 0.5) is 15.8 Å². The first-order valence-corrected chi connectivity index (χ1v) is 9.82. The number of aryl methyl sites for hydroxylation is 1. The predicted octanol–water partition coefficient (Wildman–Crippen LogP) is 3.53. The Bertz CT molecular complexity index is 891. The first kappa shape index (κ1) is 21.4. The molecule has 28 heavy (non-hydrogen) atoms. The van der Waals surface area contributed by atoms with Crippen LogP contribution in [-0.4, -0.2) is 34.8 Å². The zero-order valence-corrected chi connectivity index (χ0v) is 16.2. The predicted molar refractivity (Wildman–Crippen MR) is 107 cm³/mol. The number of non-ortho nitro benzene ring substituents is 1. The van der Waals surface area contributed by atoms with Crippen molar-refractivity contribution in [2.24, 2.45) is 0 Å². The van der Waals surface area contributed by atoms with Crippen LogP contribution in [0.5, 0.6) is 0 Å². The lowest BCUT2D eigenvalue weighted by Crippen LogP contribution is -2.44. The molecule has 2 N–H and O–H groups in total. The van der Waals surface area contributed by atoms with Crippen LogP contribution in [0.3, 0.4) is 0 Å². The van der Waals surface area contributed by atoms with Gasteiger partial charge in [0.25, 0.3) is 11.6 Å². The summed E-state index contributed by atoms with van der Waals surface area (Å²) in [6.07, 6.45) is 2.22. The molecule has 2 aromatic carbocycles. The highest BCUT2D eigenvalue weighted by atomic mass is 32.2. The monoisotopic (exact) mass is 405 g/mol. The molecule has 2 aromatic rings. The van der Waals surface area contributed by atoms with E-state index in [1.165, 1.54) is 36.0 Å². The van der Waals surface area contributed by atoms with Gasteiger partial charge in [0.2, 0.25) is 5.91 Å². The van der Waals surface area contributed by atoms with Gasteiger partial charge in [-0.15, -0.1) is 0 Å². The fourth-order valence-electron chi connectivity index (χ4n) is 2.41. The average Bonchev–Trinajstić information content (AvgIpc) is 2.67. The largest absolute Gasteiger partial charge is 0.340 e. The van der Waals surface area contributed by atoms with Gasteiger partial charge in [0.1, 0.15) is 11.9 Å². The number of nitro benzene ring substituents is 1. The number of anilines is 1. The van der Waals surface area contributed by atoms with Crippen LogP contribution in [-0.2, 0) is 4.79 Å². The van der Waals surface area contributed by atoms with Gasteiger partial charge in [0, 0.05) is 23.4 Å². The van der Waals surface area contributed by atoms with Crippen molar-refractivity contribution < 1.29 is 18.9 Å². The van der Waals surface area contributed by atoms with Crippen LogP contribution < -0.4 is 10.6 Å². The molecule has 0 aliphatic rings. The lowest BCUT2D eigenvalue weighted by Gasteiger charge is -2.18. The van der Waals surface area contributed by atoms with E-state index in [-0.39, 0.29) is 16.9 Å². The van der Waals surface area contributed by atoms with Crippen LogP contribution in [0.25, 0.3) is 0 Å². The van der Waals surface area contributed by atoms with Crippen LogP contribution in [0.15, 0.2) is 42.5 Å². The summed E-state index contributed by atoms with van der Waals surface area (Å²) in [4.78, 5) is 35.3. The van der Waals surface area contributed by atoms with Gasteiger partial charge in [-0.25, -0.2) is 4.39 Å². The SMILES string of the molecule is CSCC[C@H](NC(=O)c1cccc([N+](=O)[O-])c1)C(=O)Nc1ccc(C)c(F)c1. The Hall–Kier alpha value is -2.94. The third kappa shape index (κ3) is 5.78. The summed E-state index contributed by atoms with van der Waals surface area (Å²) in [5.74, 6) is -0.925. The van der Waals surface area contributed by atoms with Crippen molar-refractivity contribution >= 4 is 35.0 Å². The summed E-state index contributed by atoms with van der Waals surface area (Å²) in [5, 5.41) is 16.1. The molecule has 0 unspecified atom stereocenters. The van der Waals surface area contributed by atoms with Crippen LogP contribution in [0.2, 0.25) is 0 Å². The highest BCUT2D eigenvalue weighted by Crippen LogP contribution is 2.16. The van der Waals surface area contributed by atoms with Crippen molar-refractivity contribution in [1.82, 2.24) is 5.32 Å². The number of nitro groups is 1. The molecule has 0 saturated heterocycles. The van der Waals surface area contributed by atoms with Crippen LogP contribution >= 0.6 is 11.8 Å². The molecule has 2 amide bonds. The molecule has 9 heteroatoms. The van der Waals surface area contributed by atoms with Crippen molar-refractivity contribution in [3.8, 4) is 0 Å². The number of amides is 2. The van der Waals surface area contributed by atoms with Gasteiger partial charge in [-0.3, -0.25) is 19.7 Å². The van der Waals surface area contributed by atoms with E-state index in [2.05, 4.69) is 10.6 Å².